The number of hydrogen-bond acceptors (Lipinski definition) is 7. The van der Waals surface area contributed by atoms with Crippen molar-refractivity contribution in [2.75, 3.05) is 6.61 Å². The molecule has 0 saturated carbocycles. The Labute approximate surface area is 232 Å². The molecule has 0 amide bonds. The second-order valence-corrected chi connectivity index (χ2v) is 10.3. The van der Waals surface area contributed by atoms with Crippen molar-refractivity contribution < 1.29 is 18.8 Å². The van der Waals surface area contributed by atoms with E-state index in [4.69, 9.17) is 4.74 Å². The molecule has 1 atom stereocenters. The maximum atomic E-state index is 13.8. The molecule has 204 valence electrons. The second-order valence-electron chi connectivity index (χ2n) is 9.29. The number of non-ortho nitro benzene ring substituents is 1. The quantitative estimate of drug-likeness (QED) is 0.199. The van der Waals surface area contributed by atoms with Crippen molar-refractivity contribution in [2.45, 2.75) is 33.7 Å². The van der Waals surface area contributed by atoms with Crippen LogP contribution in [0.5, 0.6) is 0 Å². The Bertz CT molecular complexity index is 1870. The van der Waals surface area contributed by atoms with Crippen molar-refractivity contribution in [3.63, 3.8) is 0 Å². The van der Waals surface area contributed by atoms with Crippen LogP contribution in [0.1, 0.15) is 42.4 Å². The Balaban J connectivity index is 1.66. The Morgan fingerprint density at radius 1 is 1.15 bits per heavy atom. The molecule has 11 heteroatoms. The van der Waals surface area contributed by atoms with Crippen LogP contribution >= 0.6 is 11.3 Å². The van der Waals surface area contributed by atoms with Gasteiger partial charge in [-0.2, -0.15) is 0 Å². The Morgan fingerprint density at radius 3 is 2.45 bits per heavy atom. The van der Waals surface area contributed by atoms with Gasteiger partial charge in [0.1, 0.15) is 5.82 Å². The molecule has 0 fully saturated rings. The van der Waals surface area contributed by atoms with Crippen molar-refractivity contribution in [1.82, 2.24) is 9.13 Å². The predicted molar refractivity (Wildman–Crippen MR) is 149 cm³/mol. The number of thiazole rings is 1. The SMILES string of the molecule is CCOC(=O)C1=C(C)N=c2s/c(=C/c3cc(C)n(-c4ccc([N+](=O)[O-])cc4)c3C)c(=O)n2C1c1ccc(F)cc1. The van der Waals surface area contributed by atoms with Crippen LogP contribution in [0.2, 0.25) is 0 Å². The van der Waals surface area contributed by atoms with Gasteiger partial charge in [0.2, 0.25) is 0 Å². The molecule has 5 rings (SSSR count). The molecule has 9 nitrogen and oxygen atoms in total. The highest BCUT2D eigenvalue weighted by Crippen LogP contribution is 2.31. The van der Waals surface area contributed by atoms with Crippen LogP contribution in [-0.2, 0) is 9.53 Å². The van der Waals surface area contributed by atoms with E-state index in [1.54, 1.807) is 44.2 Å². The lowest BCUT2D eigenvalue weighted by atomic mass is 9.96. The summed E-state index contributed by atoms with van der Waals surface area (Å²) in [4.78, 5) is 42.4. The first-order valence-electron chi connectivity index (χ1n) is 12.5. The Morgan fingerprint density at radius 2 is 1.82 bits per heavy atom. The molecule has 1 unspecified atom stereocenters. The number of allylic oxidation sites excluding steroid dienone is 1. The summed E-state index contributed by atoms with van der Waals surface area (Å²) in [5.74, 6) is -1.02. The highest BCUT2D eigenvalue weighted by Gasteiger charge is 2.33. The van der Waals surface area contributed by atoms with Gasteiger partial charge >= 0.3 is 5.97 Å². The van der Waals surface area contributed by atoms with E-state index < -0.39 is 22.8 Å². The average molecular weight is 561 g/mol. The Hall–Kier alpha value is -4.64. The fourth-order valence-corrected chi connectivity index (χ4v) is 5.99. The minimum Gasteiger partial charge on any atom is -0.463 e. The van der Waals surface area contributed by atoms with Gasteiger partial charge in [-0.15, -0.1) is 0 Å². The molecular formula is C29H25FN4O5S. The molecular weight excluding hydrogens is 535 g/mol. The largest absolute Gasteiger partial charge is 0.463 e. The maximum Gasteiger partial charge on any atom is 0.338 e. The average Bonchev–Trinajstić information content (AvgIpc) is 3.37. The number of rotatable bonds is 6. The summed E-state index contributed by atoms with van der Waals surface area (Å²) in [5, 5.41) is 11.1. The number of nitro benzene ring substituents is 1. The molecule has 40 heavy (non-hydrogen) atoms. The number of carbonyl (C=O) groups is 1. The molecule has 0 N–H and O–H groups in total. The van der Waals surface area contributed by atoms with Crippen molar-refractivity contribution >= 4 is 29.1 Å². The number of nitro groups is 1. The van der Waals surface area contributed by atoms with Gasteiger partial charge in [0.25, 0.3) is 11.2 Å². The third kappa shape index (κ3) is 4.68. The van der Waals surface area contributed by atoms with Crippen molar-refractivity contribution in [3.05, 3.63) is 124 Å². The summed E-state index contributed by atoms with van der Waals surface area (Å²) in [6.07, 6.45) is 1.78. The van der Waals surface area contributed by atoms with Crippen LogP contribution in [0.25, 0.3) is 11.8 Å². The standard InChI is InChI=1S/C29H25FN4O5S/c1-5-39-28(36)25-17(3)31-29-33(26(25)19-6-8-21(30)9-7-19)27(35)24(40-29)15-20-14-16(2)32(18(20)4)22-10-12-23(13-11-22)34(37)38/h6-15,26H,5H2,1-4H3/b24-15+. The van der Waals surface area contributed by atoms with E-state index in [1.807, 2.05) is 24.5 Å². The molecule has 3 heterocycles. The lowest BCUT2D eigenvalue weighted by molar-refractivity contribution is -0.384. The molecule has 2 aromatic heterocycles. The zero-order valence-corrected chi connectivity index (χ0v) is 23.0. The monoisotopic (exact) mass is 560 g/mol. The van der Waals surface area contributed by atoms with Gasteiger partial charge in [-0.25, -0.2) is 14.2 Å². The van der Waals surface area contributed by atoms with Gasteiger partial charge < -0.3 is 9.30 Å². The van der Waals surface area contributed by atoms with Crippen LogP contribution in [0, 0.1) is 29.8 Å². The predicted octanol–water partition coefficient (Wildman–Crippen LogP) is 4.25. The van der Waals surface area contributed by atoms with E-state index in [2.05, 4.69) is 4.99 Å². The van der Waals surface area contributed by atoms with E-state index in [9.17, 15) is 24.1 Å². The van der Waals surface area contributed by atoms with Crippen molar-refractivity contribution in [3.8, 4) is 5.69 Å². The molecule has 0 aliphatic carbocycles. The topological polar surface area (TPSA) is 109 Å². The molecule has 1 aliphatic heterocycles. The zero-order chi connectivity index (χ0) is 28.7. The van der Waals surface area contributed by atoms with Crippen LogP contribution < -0.4 is 14.9 Å². The fourth-order valence-electron chi connectivity index (χ4n) is 4.95. The number of benzene rings is 2. The van der Waals surface area contributed by atoms with Crippen molar-refractivity contribution in [2.24, 2.45) is 4.99 Å². The van der Waals surface area contributed by atoms with Gasteiger partial charge in [-0.1, -0.05) is 23.5 Å². The number of esters is 1. The molecule has 0 radical (unpaired) electrons. The zero-order valence-electron chi connectivity index (χ0n) is 22.2. The van der Waals surface area contributed by atoms with Gasteiger partial charge in [-0.3, -0.25) is 19.5 Å². The minimum atomic E-state index is -0.828. The number of carbonyl (C=O) groups excluding carboxylic acids is 1. The van der Waals surface area contributed by atoms with Gasteiger partial charge in [0, 0.05) is 29.2 Å². The number of aryl methyl sites for hydroxylation is 1. The van der Waals surface area contributed by atoms with Crippen molar-refractivity contribution in [1.29, 1.82) is 0 Å². The first-order valence-corrected chi connectivity index (χ1v) is 13.3. The lowest BCUT2D eigenvalue weighted by Crippen LogP contribution is -2.39. The van der Waals surface area contributed by atoms with Gasteiger partial charge in [0.15, 0.2) is 4.80 Å². The molecule has 1 aliphatic rings. The van der Waals surface area contributed by atoms with Crippen LogP contribution in [-0.4, -0.2) is 26.6 Å². The highest BCUT2D eigenvalue weighted by molar-refractivity contribution is 7.07. The van der Waals surface area contributed by atoms with E-state index in [1.165, 1.54) is 40.2 Å². The normalized spacial score (nSPS) is 15.1. The van der Waals surface area contributed by atoms with Crippen LogP contribution in [0.4, 0.5) is 10.1 Å². The lowest BCUT2D eigenvalue weighted by Gasteiger charge is -2.24. The smallest absolute Gasteiger partial charge is 0.338 e. The first kappa shape index (κ1) is 26.9. The van der Waals surface area contributed by atoms with E-state index in [0.717, 1.165) is 22.6 Å². The molecule has 2 aromatic carbocycles. The third-order valence-electron chi connectivity index (χ3n) is 6.78. The van der Waals surface area contributed by atoms with E-state index >= 15 is 0 Å². The number of nitrogens with zero attached hydrogens (tertiary/aromatic N) is 4. The maximum absolute atomic E-state index is 13.8. The summed E-state index contributed by atoms with van der Waals surface area (Å²) in [6.45, 7) is 7.36. The Kier molecular flexibility index (Phi) is 7.07. The fraction of sp³-hybridized carbons (Fsp3) is 0.207. The molecule has 0 saturated heterocycles. The van der Waals surface area contributed by atoms with E-state index in [0.29, 0.717) is 20.6 Å². The molecule has 0 bridgehead atoms. The summed E-state index contributed by atoms with van der Waals surface area (Å²) in [5.41, 5.74) is 4.15. The first-order chi connectivity index (χ1) is 19.1. The number of ether oxygens (including phenoxy) is 1. The summed E-state index contributed by atoms with van der Waals surface area (Å²) in [7, 11) is 0. The van der Waals surface area contributed by atoms with Crippen LogP contribution in [0.3, 0.4) is 0 Å². The van der Waals surface area contributed by atoms with Gasteiger partial charge in [-0.05, 0) is 75.2 Å². The number of halogens is 1. The van der Waals surface area contributed by atoms with Gasteiger partial charge in [0.05, 0.1) is 33.4 Å². The molecule has 4 aromatic rings. The van der Waals surface area contributed by atoms with Crippen LogP contribution in [0.15, 0.2) is 75.7 Å². The highest BCUT2D eigenvalue weighted by atomic mass is 32.1. The summed E-state index contributed by atoms with van der Waals surface area (Å²) in [6, 6.07) is 13.0. The third-order valence-corrected chi connectivity index (χ3v) is 7.76. The summed E-state index contributed by atoms with van der Waals surface area (Å²) >= 11 is 1.20. The minimum absolute atomic E-state index is 0.000681. The molecule has 0 spiro atoms. The number of hydrogen-bond donors (Lipinski definition) is 0. The summed E-state index contributed by atoms with van der Waals surface area (Å²) < 4.78 is 22.9. The number of fused-ring (bicyclic) bond motifs is 1. The second kappa shape index (κ2) is 10.5. The number of aromatic nitrogens is 2. The van der Waals surface area contributed by atoms with E-state index in [-0.39, 0.29) is 23.4 Å².